The molecule has 0 bridgehead atoms. The maximum atomic E-state index is 13.9. The maximum absolute atomic E-state index is 13.9. The Hall–Kier alpha value is -3.39. The molecule has 0 saturated carbocycles. The van der Waals surface area contributed by atoms with Crippen LogP contribution in [0.1, 0.15) is 28.6 Å². The van der Waals surface area contributed by atoms with Crippen LogP contribution in [-0.2, 0) is 17.8 Å². The van der Waals surface area contributed by atoms with Gasteiger partial charge in [0, 0.05) is 17.7 Å². The third-order valence-corrected chi connectivity index (χ3v) is 4.96. The number of carboxylic acids is 1. The van der Waals surface area contributed by atoms with Gasteiger partial charge in [0.05, 0.1) is 25.2 Å². The summed E-state index contributed by atoms with van der Waals surface area (Å²) in [5, 5.41) is 12.6. The fourth-order valence-electron chi connectivity index (χ4n) is 3.51. The zero-order chi connectivity index (χ0) is 20.4. The monoisotopic (exact) mass is 397 g/mol. The highest BCUT2D eigenvalue weighted by atomic mass is 19.1. The first-order valence-electron chi connectivity index (χ1n) is 9.12. The Morgan fingerprint density at radius 1 is 1.28 bits per heavy atom. The Bertz CT molecular complexity index is 1040. The van der Waals surface area contributed by atoms with E-state index in [1.54, 1.807) is 37.7 Å². The molecule has 150 valence electrons. The van der Waals surface area contributed by atoms with E-state index < -0.39 is 23.9 Å². The van der Waals surface area contributed by atoms with Crippen LogP contribution in [0.3, 0.4) is 0 Å². The van der Waals surface area contributed by atoms with Crippen LogP contribution in [0, 0.1) is 5.82 Å². The molecule has 0 amide bonds. The lowest BCUT2D eigenvalue weighted by Gasteiger charge is -2.28. The number of ether oxygens (including phenoxy) is 2. The summed E-state index contributed by atoms with van der Waals surface area (Å²) in [5.74, 6) is -0.622. The van der Waals surface area contributed by atoms with E-state index in [4.69, 9.17) is 9.47 Å². The first-order valence-corrected chi connectivity index (χ1v) is 9.12. The number of para-hydroxylation sites is 1. The predicted octanol–water partition coefficient (Wildman–Crippen LogP) is 2.82. The van der Waals surface area contributed by atoms with Gasteiger partial charge in [-0.2, -0.15) is 0 Å². The van der Waals surface area contributed by atoms with Gasteiger partial charge in [0.1, 0.15) is 18.4 Å². The van der Waals surface area contributed by atoms with Gasteiger partial charge in [-0.15, -0.1) is 0 Å². The normalized spacial score (nSPS) is 18.1. The van der Waals surface area contributed by atoms with E-state index in [1.807, 2.05) is 12.1 Å². The molecule has 1 aromatic heterocycles. The summed E-state index contributed by atoms with van der Waals surface area (Å²) in [6.45, 7) is 0.0977. The molecule has 3 aromatic rings. The van der Waals surface area contributed by atoms with Gasteiger partial charge < -0.3 is 19.6 Å². The minimum atomic E-state index is -0.924. The molecule has 0 aliphatic carbocycles. The molecule has 0 fully saturated rings. The number of rotatable bonds is 6. The maximum Gasteiger partial charge on any atom is 0.321 e. The highest BCUT2D eigenvalue weighted by Crippen LogP contribution is 2.32. The minimum absolute atomic E-state index is 0.0977. The smallest absolute Gasteiger partial charge is 0.321 e. The summed E-state index contributed by atoms with van der Waals surface area (Å²) in [5.41, 5.74) is 3.08. The summed E-state index contributed by atoms with van der Waals surface area (Å²) in [6.07, 6.45) is 1.90. The molecular formula is C21H20FN3O4. The van der Waals surface area contributed by atoms with Crippen molar-refractivity contribution in [2.45, 2.75) is 25.1 Å². The Kier molecular flexibility index (Phi) is 5.18. The molecule has 4 rings (SSSR count). The summed E-state index contributed by atoms with van der Waals surface area (Å²) in [6, 6.07) is 10.6. The fraction of sp³-hybridized carbons (Fsp3) is 0.238. The third-order valence-electron chi connectivity index (χ3n) is 4.96. The van der Waals surface area contributed by atoms with Gasteiger partial charge in [0.15, 0.2) is 11.6 Å². The van der Waals surface area contributed by atoms with Crippen LogP contribution in [0.2, 0.25) is 0 Å². The molecule has 7 nitrogen and oxygen atoms in total. The minimum Gasteiger partial charge on any atom is -0.496 e. The number of halogens is 1. The van der Waals surface area contributed by atoms with Crippen molar-refractivity contribution < 1.29 is 23.8 Å². The first-order chi connectivity index (χ1) is 14.1. The Morgan fingerprint density at radius 3 is 2.86 bits per heavy atom. The average molecular weight is 397 g/mol. The number of hydrogen-bond acceptors (Lipinski definition) is 5. The molecule has 0 saturated heterocycles. The van der Waals surface area contributed by atoms with Crippen LogP contribution in [0.5, 0.6) is 11.5 Å². The van der Waals surface area contributed by atoms with Gasteiger partial charge in [-0.3, -0.25) is 10.1 Å². The van der Waals surface area contributed by atoms with E-state index in [2.05, 4.69) is 15.3 Å². The van der Waals surface area contributed by atoms with Crippen LogP contribution in [0.15, 0.2) is 48.8 Å². The number of methoxy groups -OCH3 is 1. The molecule has 3 N–H and O–H groups in total. The Morgan fingerprint density at radius 2 is 2.10 bits per heavy atom. The van der Waals surface area contributed by atoms with Crippen LogP contribution >= 0.6 is 0 Å². The predicted molar refractivity (Wildman–Crippen MR) is 102 cm³/mol. The lowest BCUT2D eigenvalue weighted by molar-refractivity contribution is -0.139. The molecule has 1 aliphatic heterocycles. The van der Waals surface area contributed by atoms with Crippen LogP contribution in [0.25, 0.3) is 0 Å². The summed E-state index contributed by atoms with van der Waals surface area (Å²) < 4.78 is 24.9. The number of imidazole rings is 1. The average Bonchev–Trinajstić information content (AvgIpc) is 3.21. The zero-order valence-corrected chi connectivity index (χ0v) is 15.7. The van der Waals surface area contributed by atoms with Crippen molar-refractivity contribution in [3.8, 4) is 11.5 Å². The molecule has 0 unspecified atom stereocenters. The van der Waals surface area contributed by atoms with Crippen molar-refractivity contribution in [3.05, 3.63) is 77.1 Å². The zero-order valence-electron chi connectivity index (χ0n) is 15.7. The number of carboxylic acid groups (broad SMARTS) is 1. The van der Waals surface area contributed by atoms with E-state index in [0.29, 0.717) is 17.7 Å². The lowest BCUT2D eigenvalue weighted by atomic mass is 9.93. The molecule has 2 heterocycles. The standard InChI is InChI=1S/C21H20FN3O4/c1-28-17-7-6-12(8-13(17)10-29-18-5-3-2-4-14(18)22)19-20-15(23-11-24-20)9-16(25-19)21(26)27/h2-8,11,16,19,25H,9-10H2,1H3,(H,23,24)(H,26,27)/t16-,19-/m0/s1. The van der Waals surface area contributed by atoms with E-state index in [-0.39, 0.29) is 12.4 Å². The number of fused-ring (bicyclic) bond motifs is 1. The van der Waals surface area contributed by atoms with Crippen LogP contribution in [0.4, 0.5) is 4.39 Å². The second-order valence-electron chi connectivity index (χ2n) is 6.75. The summed E-state index contributed by atoms with van der Waals surface area (Å²) >= 11 is 0. The second-order valence-corrected chi connectivity index (χ2v) is 6.75. The molecular weight excluding hydrogens is 377 g/mol. The van der Waals surface area contributed by atoms with Crippen molar-refractivity contribution in [1.82, 2.24) is 15.3 Å². The molecule has 29 heavy (non-hydrogen) atoms. The van der Waals surface area contributed by atoms with Gasteiger partial charge in [-0.05, 0) is 29.8 Å². The largest absolute Gasteiger partial charge is 0.496 e. The number of nitrogens with zero attached hydrogens (tertiary/aromatic N) is 1. The summed E-state index contributed by atoms with van der Waals surface area (Å²) in [7, 11) is 1.55. The third kappa shape index (κ3) is 3.79. The number of aromatic nitrogens is 2. The molecule has 2 atom stereocenters. The SMILES string of the molecule is COc1ccc([C@@H]2N[C@H](C(=O)O)Cc3[nH]cnc32)cc1COc1ccccc1F. The Labute approximate surface area is 166 Å². The van der Waals surface area contributed by atoms with Crippen LogP contribution < -0.4 is 14.8 Å². The van der Waals surface area contributed by atoms with E-state index in [0.717, 1.165) is 17.0 Å². The fourth-order valence-corrected chi connectivity index (χ4v) is 3.51. The quantitative estimate of drug-likeness (QED) is 0.592. The number of H-pyrrole nitrogens is 1. The lowest BCUT2D eigenvalue weighted by Crippen LogP contribution is -2.45. The second kappa shape index (κ2) is 7.92. The van der Waals surface area contributed by atoms with Crippen molar-refractivity contribution >= 4 is 5.97 Å². The van der Waals surface area contributed by atoms with E-state index >= 15 is 0 Å². The molecule has 8 heteroatoms. The van der Waals surface area contributed by atoms with Gasteiger partial charge in [0.2, 0.25) is 0 Å². The number of hydrogen-bond donors (Lipinski definition) is 3. The number of benzene rings is 2. The highest BCUT2D eigenvalue weighted by Gasteiger charge is 2.33. The van der Waals surface area contributed by atoms with E-state index in [1.165, 1.54) is 6.07 Å². The molecule has 0 radical (unpaired) electrons. The van der Waals surface area contributed by atoms with Crippen molar-refractivity contribution in [3.63, 3.8) is 0 Å². The van der Waals surface area contributed by atoms with E-state index in [9.17, 15) is 14.3 Å². The number of aliphatic carboxylic acids is 1. The van der Waals surface area contributed by atoms with Gasteiger partial charge >= 0.3 is 5.97 Å². The molecule has 0 spiro atoms. The first kappa shape index (κ1) is 18.9. The summed E-state index contributed by atoms with van der Waals surface area (Å²) in [4.78, 5) is 18.9. The number of aromatic amines is 1. The van der Waals surface area contributed by atoms with Gasteiger partial charge in [-0.1, -0.05) is 18.2 Å². The van der Waals surface area contributed by atoms with Gasteiger partial charge in [0.25, 0.3) is 0 Å². The topological polar surface area (TPSA) is 96.5 Å². The van der Waals surface area contributed by atoms with Crippen molar-refractivity contribution in [2.24, 2.45) is 0 Å². The van der Waals surface area contributed by atoms with Crippen molar-refractivity contribution in [1.29, 1.82) is 0 Å². The molecule has 1 aliphatic rings. The number of carbonyl (C=O) groups is 1. The number of nitrogens with one attached hydrogen (secondary N) is 2. The van der Waals surface area contributed by atoms with Crippen molar-refractivity contribution in [2.75, 3.05) is 7.11 Å². The molecule has 2 aromatic carbocycles. The van der Waals surface area contributed by atoms with Crippen LogP contribution in [-0.4, -0.2) is 34.2 Å². The highest BCUT2D eigenvalue weighted by molar-refractivity contribution is 5.74. The van der Waals surface area contributed by atoms with Gasteiger partial charge in [-0.25, -0.2) is 9.37 Å². The Balaban J connectivity index is 1.64.